The number of ether oxygens (including phenoxy) is 1. The fraction of sp³-hybridized carbons (Fsp3) is 0.632. The third-order valence-corrected chi connectivity index (χ3v) is 8.24. The van der Waals surface area contributed by atoms with Gasteiger partial charge in [-0.25, -0.2) is 14.6 Å². The SMILES string of the molecule is CC(C)C[C@H](NCC(O)[C@H](CC(C)C)NC(=O)[C@H](Cc1c[nH]cn1)NC(=O)[C@H](Cc1ccccc1)NC(=O)OC(C)(C)C)C(=O)N[C@@H](C(=O)O)C(C)C. The monoisotopic (exact) mass is 743 g/mol. The number of imidazole rings is 1. The second-order valence-corrected chi connectivity index (χ2v) is 15.7. The molecule has 0 aliphatic heterocycles. The number of amides is 4. The van der Waals surface area contributed by atoms with E-state index in [0.717, 1.165) is 5.56 Å². The summed E-state index contributed by atoms with van der Waals surface area (Å²) in [5, 5.41) is 35.1. The molecule has 6 atom stereocenters. The Morgan fingerprint density at radius 2 is 1.38 bits per heavy atom. The lowest BCUT2D eigenvalue weighted by Crippen LogP contribution is -2.59. The molecule has 2 rings (SSSR count). The minimum absolute atomic E-state index is 0.00550. The molecule has 1 unspecified atom stereocenters. The Hall–Kier alpha value is -4.50. The van der Waals surface area contributed by atoms with Crippen LogP contribution in [0.1, 0.15) is 86.4 Å². The van der Waals surface area contributed by atoms with Crippen LogP contribution >= 0.6 is 0 Å². The van der Waals surface area contributed by atoms with Crippen LogP contribution in [-0.4, -0.2) is 98.4 Å². The zero-order chi connectivity index (χ0) is 39.9. The summed E-state index contributed by atoms with van der Waals surface area (Å²) < 4.78 is 5.42. The number of aromatic nitrogens is 2. The number of H-pyrrole nitrogens is 1. The van der Waals surface area contributed by atoms with Gasteiger partial charge in [0, 0.05) is 25.6 Å². The molecule has 4 amide bonds. The molecular weight excluding hydrogens is 682 g/mol. The number of carbonyl (C=O) groups is 5. The Kier molecular flexibility index (Phi) is 17.9. The predicted molar refractivity (Wildman–Crippen MR) is 201 cm³/mol. The first-order valence-corrected chi connectivity index (χ1v) is 18.3. The van der Waals surface area contributed by atoms with Crippen molar-refractivity contribution in [1.29, 1.82) is 0 Å². The van der Waals surface area contributed by atoms with Crippen molar-refractivity contribution in [3.8, 4) is 0 Å². The van der Waals surface area contributed by atoms with E-state index in [1.54, 1.807) is 40.8 Å². The van der Waals surface area contributed by atoms with E-state index in [4.69, 9.17) is 4.74 Å². The van der Waals surface area contributed by atoms with E-state index in [0.29, 0.717) is 18.5 Å². The van der Waals surface area contributed by atoms with E-state index in [1.165, 1.54) is 6.33 Å². The van der Waals surface area contributed by atoms with Gasteiger partial charge in [0.05, 0.1) is 30.2 Å². The molecule has 1 heterocycles. The third-order valence-electron chi connectivity index (χ3n) is 8.24. The number of carboxylic acids is 1. The Morgan fingerprint density at radius 1 is 0.792 bits per heavy atom. The second kappa shape index (κ2) is 21.3. The van der Waals surface area contributed by atoms with Crippen molar-refractivity contribution in [2.45, 2.75) is 130 Å². The molecular formula is C38H61N7O8. The molecule has 1 aromatic carbocycles. The van der Waals surface area contributed by atoms with E-state index < -0.39 is 71.7 Å². The number of hydrogen-bond donors (Lipinski definition) is 8. The van der Waals surface area contributed by atoms with E-state index in [1.807, 2.05) is 58.0 Å². The van der Waals surface area contributed by atoms with E-state index in [2.05, 4.69) is 36.6 Å². The maximum Gasteiger partial charge on any atom is 0.408 e. The molecule has 0 bridgehead atoms. The van der Waals surface area contributed by atoms with Gasteiger partial charge >= 0.3 is 12.1 Å². The van der Waals surface area contributed by atoms with Gasteiger partial charge in [0.15, 0.2) is 0 Å². The van der Waals surface area contributed by atoms with E-state index >= 15 is 0 Å². The van der Waals surface area contributed by atoms with Crippen LogP contribution in [0.2, 0.25) is 0 Å². The molecule has 0 fully saturated rings. The summed E-state index contributed by atoms with van der Waals surface area (Å²) in [6.45, 7) is 16.2. The van der Waals surface area contributed by atoms with Gasteiger partial charge in [0.25, 0.3) is 0 Å². The maximum absolute atomic E-state index is 14.0. The number of aliphatic hydroxyl groups excluding tert-OH is 1. The first-order chi connectivity index (χ1) is 24.7. The molecule has 0 saturated heterocycles. The highest BCUT2D eigenvalue weighted by Crippen LogP contribution is 2.14. The molecule has 0 aliphatic carbocycles. The Balaban J connectivity index is 2.30. The fourth-order valence-electron chi connectivity index (χ4n) is 5.63. The number of hydrogen-bond acceptors (Lipinski definition) is 9. The van der Waals surface area contributed by atoms with Crippen LogP contribution in [-0.2, 0) is 36.8 Å². The van der Waals surface area contributed by atoms with Crippen LogP contribution in [0.5, 0.6) is 0 Å². The number of carbonyl (C=O) groups excluding carboxylic acids is 4. The van der Waals surface area contributed by atoms with E-state index in [-0.39, 0.29) is 37.1 Å². The van der Waals surface area contributed by atoms with Gasteiger partial charge in [-0.2, -0.15) is 0 Å². The highest BCUT2D eigenvalue weighted by Gasteiger charge is 2.33. The summed E-state index contributed by atoms with van der Waals surface area (Å²) in [6, 6.07) is 4.19. The number of benzene rings is 1. The molecule has 15 nitrogen and oxygen atoms in total. The average Bonchev–Trinajstić information content (AvgIpc) is 3.56. The summed E-state index contributed by atoms with van der Waals surface area (Å²) >= 11 is 0. The first kappa shape index (κ1) is 44.7. The Labute approximate surface area is 313 Å². The molecule has 1 aromatic heterocycles. The topological polar surface area (TPSA) is 224 Å². The molecule has 0 aliphatic rings. The lowest BCUT2D eigenvalue weighted by atomic mass is 9.97. The predicted octanol–water partition coefficient (Wildman–Crippen LogP) is 2.69. The van der Waals surface area contributed by atoms with Crippen molar-refractivity contribution >= 4 is 29.8 Å². The highest BCUT2D eigenvalue weighted by atomic mass is 16.6. The van der Waals surface area contributed by atoms with Crippen LogP contribution in [0.25, 0.3) is 0 Å². The van der Waals surface area contributed by atoms with Gasteiger partial charge in [0.1, 0.15) is 23.7 Å². The largest absolute Gasteiger partial charge is 0.480 e. The zero-order valence-electron chi connectivity index (χ0n) is 32.6. The average molecular weight is 744 g/mol. The van der Waals surface area contributed by atoms with Gasteiger partial charge < -0.3 is 46.5 Å². The number of aromatic amines is 1. The summed E-state index contributed by atoms with van der Waals surface area (Å²) in [5.41, 5.74) is 0.461. The van der Waals surface area contributed by atoms with Gasteiger partial charge in [-0.15, -0.1) is 0 Å². The molecule has 296 valence electrons. The lowest BCUT2D eigenvalue weighted by Gasteiger charge is -2.30. The van der Waals surface area contributed by atoms with E-state index in [9.17, 15) is 34.2 Å². The van der Waals surface area contributed by atoms with Gasteiger partial charge in [0.2, 0.25) is 17.7 Å². The molecule has 0 saturated carbocycles. The Morgan fingerprint density at radius 3 is 1.91 bits per heavy atom. The second-order valence-electron chi connectivity index (χ2n) is 15.7. The minimum atomic E-state index is -1.16. The quantitative estimate of drug-likeness (QED) is 0.0934. The van der Waals surface area contributed by atoms with Gasteiger partial charge in [-0.3, -0.25) is 14.4 Å². The number of carboxylic acid groups (broad SMARTS) is 1. The van der Waals surface area contributed by atoms with Crippen molar-refractivity contribution in [2.24, 2.45) is 17.8 Å². The number of nitrogens with zero attached hydrogens (tertiary/aromatic N) is 1. The van der Waals surface area contributed by atoms with Crippen molar-refractivity contribution in [3.05, 3.63) is 54.1 Å². The standard InChI is InChI=1S/C38H61N7O8/c1-22(2)15-27(31(46)20-40-28(16-23(3)4)33(47)45-32(24(5)6)36(50)51)42-35(49)30(18-26-19-39-21-41-26)43-34(48)29(17-25-13-11-10-12-14-25)44-37(52)53-38(7,8)9/h10-14,19,21-24,27-32,40,46H,15-18,20H2,1-9H3,(H,39,41)(H,42,49)(H,43,48)(H,44,52)(H,45,47)(H,50,51)/t27-,28-,29-,30-,31?,32+/m0/s1. The molecule has 15 heteroatoms. The van der Waals surface area contributed by atoms with Crippen molar-refractivity contribution in [1.82, 2.24) is 36.6 Å². The number of aliphatic hydroxyl groups is 1. The van der Waals surface area contributed by atoms with Gasteiger partial charge in [-0.1, -0.05) is 71.9 Å². The first-order valence-electron chi connectivity index (χ1n) is 18.3. The van der Waals surface area contributed by atoms with Crippen LogP contribution in [0.4, 0.5) is 4.79 Å². The normalized spacial score (nSPS) is 15.2. The number of alkyl carbamates (subject to hydrolysis) is 1. The van der Waals surface area contributed by atoms with Gasteiger partial charge in [-0.05, 0) is 56.9 Å². The summed E-state index contributed by atoms with van der Waals surface area (Å²) in [7, 11) is 0. The van der Waals surface area contributed by atoms with Crippen molar-refractivity contribution in [3.63, 3.8) is 0 Å². The fourth-order valence-corrected chi connectivity index (χ4v) is 5.63. The summed E-state index contributed by atoms with van der Waals surface area (Å²) in [6.07, 6.45) is 1.98. The molecule has 0 radical (unpaired) electrons. The number of nitrogens with one attached hydrogen (secondary N) is 6. The molecule has 53 heavy (non-hydrogen) atoms. The summed E-state index contributed by atoms with van der Waals surface area (Å²) in [4.78, 5) is 72.7. The molecule has 0 spiro atoms. The smallest absolute Gasteiger partial charge is 0.408 e. The highest BCUT2D eigenvalue weighted by molar-refractivity contribution is 5.92. The lowest BCUT2D eigenvalue weighted by molar-refractivity contribution is -0.143. The zero-order valence-corrected chi connectivity index (χ0v) is 32.6. The minimum Gasteiger partial charge on any atom is -0.480 e. The van der Waals surface area contributed by atoms with Crippen LogP contribution in [0, 0.1) is 17.8 Å². The molecule has 8 N–H and O–H groups in total. The maximum atomic E-state index is 14.0. The Bertz CT molecular complexity index is 1440. The summed E-state index contributed by atoms with van der Waals surface area (Å²) in [5.74, 6) is -3.07. The van der Waals surface area contributed by atoms with Crippen LogP contribution in [0.15, 0.2) is 42.9 Å². The van der Waals surface area contributed by atoms with Crippen LogP contribution < -0.4 is 26.6 Å². The third kappa shape index (κ3) is 16.8. The number of aliphatic carboxylic acids is 1. The van der Waals surface area contributed by atoms with Crippen LogP contribution in [0.3, 0.4) is 0 Å². The molecule has 2 aromatic rings. The van der Waals surface area contributed by atoms with Crippen molar-refractivity contribution in [2.75, 3.05) is 6.54 Å². The number of rotatable bonds is 21. The van der Waals surface area contributed by atoms with Crippen molar-refractivity contribution < 1.29 is 38.9 Å².